The highest BCUT2D eigenvalue weighted by molar-refractivity contribution is 5.66. The van der Waals surface area contributed by atoms with Crippen LogP contribution in [0, 0.1) is 11.8 Å². The van der Waals surface area contributed by atoms with Crippen LogP contribution in [0.3, 0.4) is 0 Å². The van der Waals surface area contributed by atoms with E-state index in [0.29, 0.717) is 5.92 Å². The molecule has 0 saturated carbocycles. The number of aliphatic carboxylic acids is 1. The van der Waals surface area contributed by atoms with E-state index in [4.69, 9.17) is 0 Å². The summed E-state index contributed by atoms with van der Waals surface area (Å²) in [6, 6.07) is 0. The zero-order valence-corrected chi connectivity index (χ0v) is 10.2. The summed E-state index contributed by atoms with van der Waals surface area (Å²) < 4.78 is 0. The molecule has 0 N–H and O–H groups in total. The van der Waals surface area contributed by atoms with Gasteiger partial charge in [0.05, 0.1) is 0 Å². The van der Waals surface area contributed by atoms with E-state index in [0.717, 1.165) is 32.1 Å². The van der Waals surface area contributed by atoms with Crippen molar-refractivity contribution < 1.29 is 9.90 Å². The van der Waals surface area contributed by atoms with Gasteiger partial charge in [-0.1, -0.05) is 39.3 Å². The first-order chi connectivity index (χ1) is 6.97. The lowest BCUT2D eigenvalue weighted by molar-refractivity contribution is -0.311. The zero-order valence-electron chi connectivity index (χ0n) is 10.2. The van der Waals surface area contributed by atoms with Crippen LogP contribution in [0.15, 0.2) is 12.2 Å². The molecule has 0 bridgehead atoms. The number of hydrogen-bond donors (Lipinski definition) is 0. The molecule has 0 saturated heterocycles. The molecule has 0 aliphatic heterocycles. The van der Waals surface area contributed by atoms with Crippen molar-refractivity contribution in [2.24, 2.45) is 11.8 Å². The molecule has 0 spiro atoms. The SMILES string of the molecule is C=C(CC)CCCC(C)CC(C)C(=O)[O-]. The Balaban J connectivity index is 3.61. The lowest BCUT2D eigenvalue weighted by atomic mass is 9.92. The molecular weight excluding hydrogens is 188 g/mol. The number of carbonyl (C=O) groups is 1. The minimum absolute atomic E-state index is 0.325. The monoisotopic (exact) mass is 211 g/mol. The Bertz CT molecular complexity index is 209. The maximum Gasteiger partial charge on any atom is 0.0442 e. The third-order valence-corrected chi connectivity index (χ3v) is 2.89. The van der Waals surface area contributed by atoms with E-state index in [1.807, 2.05) is 0 Å². The van der Waals surface area contributed by atoms with Gasteiger partial charge in [-0.2, -0.15) is 0 Å². The van der Waals surface area contributed by atoms with Crippen molar-refractivity contribution in [3.05, 3.63) is 12.2 Å². The van der Waals surface area contributed by atoms with Gasteiger partial charge in [0, 0.05) is 5.97 Å². The third-order valence-electron chi connectivity index (χ3n) is 2.89. The predicted octanol–water partition coefficient (Wildman–Crippen LogP) is 2.54. The lowest BCUT2D eigenvalue weighted by Gasteiger charge is -2.17. The molecule has 15 heavy (non-hydrogen) atoms. The molecule has 2 unspecified atom stereocenters. The molecule has 0 aliphatic carbocycles. The standard InChI is InChI=1S/C13H24O2/c1-5-10(2)7-6-8-11(3)9-12(4)13(14)15/h11-12H,2,5-9H2,1,3-4H3,(H,14,15)/p-1. The van der Waals surface area contributed by atoms with Crippen LogP contribution in [0.5, 0.6) is 0 Å². The Hall–Kier alpha value is -0.790. The van der Waals surface area contributed by atoms with Crippen molar-refractivity contribution in [1.82, 2.24) is 0 Å². The predicted molar refractivity (Wildman–Crippen MR) is 61.2 cm³/mol. The minimum atomic E-state index is -0.931. The summed E-state index contributed by atoms with van der Waals surface area (Å²) in [5, 5.41) is 10.5. The average Bonchev–Trinajstić information content (AvgIpc) is 2.17. The summed E-state index contributed by atoms with van der Waals surface area (Å²) >= 11 is 0. The molecular formula is C13H23O2-. The molecule has 0 aliphatic rings. The van der Waals surface area contributed by atoms with Crippen molar-refractivity contribution in [2.75, 3.05) is 0 Å². The van der Waals surface area contributed by atoms with Crippen molar-refractivity contribution in [1.29, 1.82) is 0 Å². The Labute approximate surface area is 93.4 Å². The van der Waals surface area contributed by atoms with Crippen molar-refractivity contribution in [3.8, 4) is 0 Å². The summed E-state index contributed by atoms with van der Waals surface area (Å²) in [6.07, 6.45) is 5.04. The quantitative estimate of drug-likeness (QED) is 0.579. The first-order valence-corrected chi connectivity index (χ1v) is 5.84. The van der Waals surface area contributed by atoms with Crippen LogP contribution in [0.2, 0.25) is 0 Å². The number of rotatable bonds is 8. The zero-order chi connectivity index (χ0) is 11.8. The molecule has 88 valence electrons. The number of carboxylic acid groups (broad SMARTS) is 1. The Morgan fingerprint density at radius 1 is 1.40 bits per heavy atom. The Morgan fingerprint density at radius 3 is 2.47 bits per heavy atom. The second kappa shape index (κ2) is 7.49. The van der Waals surface area contributed by atoms with Crippen LogP contribution in [0.4, 0.5) is 0 Å². The van der Waals surface area contributed by atoms with E-state index >= 15 is 0 Å². The van der Waals surface area contributed by atoms with Crippen LogP contribution in [0.25, 0.3) is 0 Å². The topological polar surface area (TPSA) is 40.1 Å². The van der Waals surface area contributed by atoms with Crippen molar-refractivity contribution >= 4 is 5.97 Å². The summed E-state index contributed by atoms with van der Waals surface area (Å²) in [7, 11) is 0. The smallest absolute Gasteiger partial charge is 0.0442 e. The Morgan fingerprint density at radius 2 is 2.00 bits per heavy atom. The van der Waals surface area contributed by atoms with E-state index in [1.165, 1.54) is 5.57 Å². The first kappa shape index (κ1) is 14.2. The number of carbonyl (C=O) groups excluding carboxylic acids is 1. The average molecular weight is 211 g/mol. The molecule has 0 rings (SSSR count). The van der Waals surface area contributed by atoms with Gasteiger partial charge in [0.2, 0.25) is 0 Å². The Kier molecular flexibility index (Phi) is 7.10. The van der Waals surface area contributed by atoms with Crippen molar-refractivity contribution in [2.45, 2.75) is 52.9 Å². The van der Waals surface area contributed by atoms with Gasteiger partial charge in [-0.15, -0.1) is 0 Å². The second-order valence-corrected chi connectivity index (χ2v) is 4.56. The molecule has 0 fully saturated rings. The molecule has 0 aromatic rings. The van der Waals surface area contributed by atoms with E-state index in [2.05, 4.69) is 20.4 Å². The molecule has 0 heterocycles. The van der Waals surface area contributed by atoms with Crippen LogP contribution < -0.4 is 5.11 Å². The maximum atomic E-state index is 10.5. The van der Waals surface area contributed by atoms with Gasteiger partial charge in [0.1, 0.15) is 0 Å². The maximum absolute atomic E-state index is 10.5. The minimum Gasteiger partial charge on any atom is -0.550 e. The normalized spacial score (nSPS) is 14.6. The second-order valence-electron chi connectivity index (χ2n) is 4.56. The fourth-order valence-corrected chi connectivity index (χ4v) is 1.69. The van der Waals surface area contributed by atoms with Gasteiger partial charge >= 0.3 is 0 Å². The van der Waals surface area contributed by atoms with Crippen LogP contribution in [0.1, 0.15) is 52.9 Å². The van der Waals surface area contributed by atoms with Crippen LogP contribution in [-0.4, -0.2) is 5.97 Å². The fraction of sp³-hybridized carbons (Fsp3) is 0.769. The summed E-state index contributed by atoms with van der Waals surface area (Å²) in [5.74, 6) is -0.795. The van der Waals surface area contributed by atoms with Crippen molar-refractivity contribution in [3.63, 3.8) is 0 Å². The van der Waals surface area contributed by atoms with Gasteiger partial charge in [-0.3, -0.25) is 0 Å². The highest BCUT2D eigenvalue weighted by atomic mass is 16.4. The van der Waals surface area contributed by atoms with E-state index in [-0.39, 0.29) is 5.92 Å². The van der Waals surface area contributed by atoms with Gasteiger partial charge in [-0.25, -0.2) is 0 Å². The van der Waals surface area contributed by atoms with Crippen LogP contribution >= 0.6 is 0 Å². The summed E-state index contributed by atoms with van der Waals surface area (Å²) in [5.41, 5.74) is 1.29. The van der Waals surface area contributed by atoms with E-state index in [9.17, 15) is 9.90 Å². The van der Waals surface area contributed by atoms with Crippen LogP contribution in [-0.2, 0) is 4.79 Å². The molecule has 2 atom stereocenters. The molecule has 0 aromatic heterocycles. The largest absolute Gasteiger partial charge is 0.550 e. The summed E-state index contributed by atoms with van der Waals surface area (Å²) in [6.45, 7) is 9.89. The molecule has 2 nitrogen and oxygen atoms in total. The van der Waals surface area contributed by atoms with Gasteiger partial charge in [0.25, 0.3) is 0 Å². The molecule has 2 heteroatoms. The lowest BCUT2D eigenvalue weighted by Crippen LogP contribution is -2.30. The first-order valence-electron chi connectivity index (χ1n) is 5.84. The van der Waals surface area contributed by atoms with E-state index < -0.39 is 5.97 Å². The highest BCUT2D eigenvalue weighted by Crippen LogP contribution is 2.19. The number of allylic oxidation sites excluding steroid dienone is 1. The molecule has 0 radical (unpaired) electrons. The van der Waals surface area contributed by atoms with Gasteiger partial charge < -0.3 is 9.90 Å². The number of hydrogen-bond acceptors (Lipinski definition) is 2. The summed E-state index contributed by atoms with van der Waals surface area (Å²) in [4.78, 5) is 10.5. The molecule has 0 aromatic carbocycles. The molecule has 0 amide bonds. The third kappa shape index (κ3) is 7.18. The van der Waals surface area contributed by atoms with E-state index in [1.54, 1.807) is 6.92 Å². The number of carboxylic acids is 1. The van der Waals surface area contributed by atoms with Gasteiger partial charge in [-0.05, 0) is 37.5 Å². The fourth-order valence-electron chi connectivity index (χ4n) is 1.69. The highest BCUT2D eigenvalue weighted by Gasteiger charge is 2.09. The van der Waals surface area contributed by atoms with Gasteiger partial charge in [0.15, 0.2) is 0 Å².